The summed E-state index contributed by atoms with van der Waals surface area (Å²) in [5.74, 6) is -0.373. The minimum atomic E-state index is -0.226. The fraction of sp³-hybridized carbons (Fsp3) is 0.500. The van der Waals surface area contributed by atoms with Gasteiger partial charge in [-0.2, -0.15) is 0 Å². The Kier molecular flexibility index (Phi) is 7.35. The minimum Gasteiger partial charge on any atom is -0.354 e. The molecule has 122 valence electrons. The summed E-state index contributed by atoms with van der Waals surface area (Å²) < 4.78 is 0. The largest absolute Gasteiger partial charge is 0.354 e. The summed E-state index contributed by atoms with van der Waals surface area (Å²) in [5.41, 5.74) is 0.672. The number of piperidine rings is 1. The number of amides is 2. The highest BCUT2D eigenvalue weighted by molar-refractivity contribution is 5.96. The molecule has 1 saturated heterocycles. The van der Waals surface area contributed by atoms with Gasteiger partial charge in [-0.05, 0) is 36.9 Å². The fourth-order valence-electron chi connectivity index (χ4n) is 2.50. The number of rotatable bonds is 5. The van der Waals surface area contributed by atoms with Gasteiger partial charge in [0.25, 0.3) is 5.91 Å². The second kappa shape index (κ2) is 8.76. The van der Waals surface area contributed by atoms with E-state index in [0.717, 1.165) is 25.9 Å². The molecular formula is C16H24ClN3O2. The lowest BCUT2D eigenvalue weighted by Crippen LogP contribution is -2.47. The van der Waals surface area contributed by atoms with Gasteiger partial charge in [-0.25, -0.2) is 0 Å². The zero-order valence-electron chi connectivity index (χ0n) is 12.9. The van der Waals surface area contributed by atoms with E-state index >= 15 is 0 Å². The highest BCUT2D eigenvalue weighted by Gasteiger charge is 2.26. The molecule has 0 aromatic heterocycles. The Morgan fingerprint density at radius 3 is 2.59 bits per heavy atom. The Hall–Kier alpha value is -1.59. The normalized spacial score (nSPS) is 20.6. The van der Waals surface area contributed by atoms with Crippen LogP contribution in [0.4, 0.5) is 0 Å². The smallest absolute Gasteiger partial charge is 0.251 e. The van der Waals surface area contributed by atoms with E-state index in [1.165, 1.54) is 0 Å². The van der Waals surface area contributed by atoms with E-state index in [0.29, 0.717) is 12.1 Å². The third kappa shape index (κ3) is 5.66. The standard InChI is InChI=1S/C16H23N3O2.ClH/c1-16(8-5-9-17-11-16)12-19-14(20)10-18-15(21)13-6-3-2-4-7-13;/h2-4,6-7,17H,5,8-12H2,1H3,(H,18,21)(H,19,20);1H. The molecule has 0 radical (unpaired) electrons. The molecule has 2 rings (SSSR count). The Bertz CT molecular complexity index is 487. The molecule has 2 amide bonds. The summed E-state index contributed by atoms with van der Waals surface area (Å²) in [5, 5.41) is 8.89. The van der Waals surface area contributed by atoms with Gasteiger partial charge >= 0.3 is 0 Å². The molecule has 1 atom stereocenters. The van der Waals surface area contributed by atoms with Crippen molar-refractivity contribution in [2.24, 2.45) is 5.41 Å². The molecule has 6 heteroatoms. The lowest BCUT2D eigenvalue weighted by atomic mass is 9.83. The second-order valence-electron chi connectivity index (χ2n) is 5.92. The van der Waals surface area contributed by atoms with Gasteiger partial charge in [-0.15, -0.1) is 12.4 Å². The summed E-state index contributed by atoms with van der Waals surface area (Å²) in [6, 6.07) is 8.89. The van der Waals surface area contributed by atoms with Crippen molar-refractivity contribution < 1.29 is 9.59 Å². The first-order chi connectivity index (χ1) is 10.1. The van der Waals surface area contributed by atoms with E-state index < -0.39 is 0 Å². The number of hydrogen-bond acceptors (Lipinski definition) is 3. The van der Waals surface area contributed by atoms with Crippen molar-refractivity contribution in [2.75, 3.05) is 26.2 Å². The molecule has 22 heavy (non-hydrogen) atoms. The van der Waals surface area contributed by atoms with E-state index in [1.807, 2.05) is 6.07 Å². The van der Waals surface area contributed by atoms with Crippen LogP contribution in [0.5, 0.6) is 0 Å². The average Bonchev–Trinajstić information content (AvgIpc) is 2.52. The monoisotopic (exact) mass is 325 g/mol. The minimum absolute atomic E-state index is 0. The van der Waals surface area contributed by atoms with Crippen LogP contribution in [0.25, 0.3) is 0 Å². The van der Waals surface area contributed by atoms with Crippen molar-refractivity contribution >= 4 is 24.2 Å². The van der Waals surface area contributed by atoms with Crippen LogP contribution < -0.4 is 16.0 Å². The number of nitrogens with one attached hydrogen (secondary N) is 3. The van der Waals surface area contributed by atoms with E-state index in [-0.39, 0.29) is 36.2 Å². The summed E-state index contributed by atoms with van der Waals surface area (Å²) in [4.78, 5) is 23.6. The van der Waals surface area contributed by atoms with Gasteiger partial charge in [0.05, 0.1) is 6.54 Å². The lowest BCUT2D eigenvalue weighted by molar-refractivity contribution is -0.120. The first kappa shape index (κ1) is 18.5. The van der Waals surface area contributed by atoms with Gasteiger partial charge in [0.2, 0.25) is 5.91 Å². The van der Waals surface area contributed by atoms with Crippen LogP contribution in [0.15, 0.2) is 30.3 Å². The number of hydrogen-bond donors (Lipinski definition) is 3. The summed E-state index contributed by atoms with van der Waals surface area (Å²) in [6.45, 7) is 4.79. The van der Waals surface area contributed by atoms with Gasteiger partial charge in [0.1, 0.15) is 0 Å². The quantitative estimate of drug-likeness (QED) is 0.765. The molecule has 0 spiro atoms. The van der Waals surface area contributed by atoms with Gasteiger partial charge in [0, 0.05) is 18.7 Å². The Balaban J connectivity index is 0.00000242. The number of carbonyl (C=O) groups excluding carboxylic acids is 2. The molecule has 1 aromatic carbocycles. The van der Waals surface area contributed by atoms with Crippen LogP contribution in [0.1, 0.15) is 30.1 Å². The Labute approximate surface area is 137 Å². The molecule has 1 fully saturated rings. The van der Waals surface area contributed by atoms with Crippen LogP contribution in [-0.2, 0) is 4.79 Å². The Morgan fingerprint density at radius 2 is 1.95 bits per heavy atom. The van der Waals surface area contributed by atoms with Crippen molar-refractivity contribution in [1.82, 2.24) is 16.0 Å². The SMILES string of the molecule is CC1(CNC(=O)CNC(=O)c2ccccc2)CCCNC1.Cl. The molecular weight excluding hydrogens is 302 g/mol. The van der Waals surface area contributed by atoms with Crippen LogP contribution >= 0.6 is 12.4 Å². The molecule has 1 heterocycles. The summed E-state index contributed by atoms with van der Waals surface area (Å²) >= 11 is 0. The molecule has 5 nitrogen and oxygen atoms in total. The van der Waals surface area contributed by atoms with Crippen LogP contribution in [0.3, 0.4) is 0 Å². The molecule has 0 aliphatic carbocycles. The molecule has 0 bridgehead atoms. The lowest BCUT2D eigenvalue weighted by Gasteiger charge is -2.34. The highest BCUT2D eigenvalue weighted by atomic mass is 35.5. The summed E-state index contributed by atoms with van der Waals surface area (Å²) in [6.07, 6.45) is 2.24. The van der Waals surface area contributed by atoms with Crippen molar-refractivity contribution in [1.29, 1.82) is 0 Å². The molecule has 1 aromatic rings. The molecule has 1 aliphatic rings. The highest BCUT2D eigenvalue weighted by Crippen LogP contribution is 2.23. The average molecular weight is 326 g/mol. The fourth-order valence-corrected chi connectivity index (χ4v) is 2.50. The number of benzene rings is 1. The summed E-state index contributed by atoms with van der Waals surface area (Å²) in [7, 11) is 0. The first-order valence-electron chi connectivity index (χ1n) is 7.40. The van der Waals surface area contributed by atoms with Crippen LogP contribution in [0.2, 0.25) is 0 Å². The van der Waals surface area contributed by atoms with E-state index in [9.17, 15) is 9.59 Å². The van der Waals surface area contributed by atoms with Gasteiger partial charge in [0.15, 0.2) is 0 Å². The number of carbonyl (C=O) groups is 2. The van der Waals surface area contributed by atoms with Gasteiger partial charge < -0.3 is 16.0 Å². The third-order valence-corrected chi connectivity index (χ3v) is 3.84. The van der Waals surface area contributed by atoms with Crippen molar-refractivity contribution in [3.8, 4) is 0 Å². The van der Waals surface area contributed by atoms with Crippen LogP contribution in [0, 0.1) is 5.41 Å². The molecule has 1 unspecified atom stereocenters. The number of halogens is 1. The topological polar surface area (TPSA) is 70.2 Å². The zero-order valence-corrected chi connectivity index (χ0v) is 13.7. The van der Waals surface area contributed by atoms with Crippen molar-refractivity contribution in [3.05, 3.63) is 35.9 Å². The molecule has 0 saturated carbocycles. The Morgan fingerprint density at radius 1 is 1.23 bits per heavy atom. The maximum atomic E-state index is 11.8. The second-order valence-corrected chi connectivity index (χ2v) is 5.92. The predicted octanol–water partition coefficient (Wildman–Crippen LogP) is 1.34. The third-order valence-electron chi connectivity index (χ3n) is 3.84. The van der Waals surface area contributed by atoms with E-state index in [4.69, 9.17) is 0 Å². The maximum Gasteiger partial charge on any atom is 0.251 e. The van der Waals surface area contributed by atoms with E-state index in [2.05, 4.69) is 22.9 Å². The van der Waals surface area contributed by atoms with Crippen molar-refractivity contribution in [3.63, 3.8) is 0 Å². The maximum absolute atomic E-state index is 11.8. The van der Waals surface area contributed by atoms with E-state index in [1.54, 1.807) is 24.3 Å². The van der Waals surface area contributed by atoms with Gasteiger partial charge in [-0.3, -0.25) is 9.59 Å². The predicted molar refractivity (Wildman–Crippen MR) is 89.2 cm³/mol. The molecule has 1 aliphatic heterocycles. The van der Waals surface area contributed by atoms with Gasteiger partial charge in [-0.1, -0.05) is 25.1 Å². The zero-order chi connectivity index (χ0) is 15.1. The van der Waals surface area contributed by atoms with Crippen molar-refractivity contribution in [2.45, 2.75) is 19.8 Å². The molecule has 3 N–H and O–H groups in total. The first-order valence-corrected chi connectivity index (χ1v) is 7.40. The van der Waals surface area contributed by atoms with Crippen LogP contribution in [-0.4, -0.2) is 38.0 Å².